The van der Waals surface area contributed by atoms with Gasteiger partial charge in [-0.3, -0.25) is 19.2 Å². The van der Waals surface area contributed by atoms with E-state index in [1.807, 2.05) is 0 Å². The molecule has 1 aromatic rings. The molecule has 0 fully saturated rings. The Morgan fingerprint density at radius 2 is 1.43 bits per heavy atom. The highest BCUT2D eigenvalue weighted by molar-refractivity contribution is 7.92. The molecule has 0 unspecified atom stereocenters. The first-order valence-electron chi connectivity index (χ1n) is 20.5. The van der Waals surface area contributed by atoms with E-state index >= 15 is 0 Å². The van der Waals surface area contributed by atoms with Gasteiger partial charge in [-0.25, -0.2) is 13.4 Å². The molecule has 1 atom stereocenters. The number of H-pyrrole nitrogens is 1. The second kappa shape index (κ2) is 28.9. The molecule has 308 valence electrons. The van der Waals surface area contributed by atoms with E-state index in [1.54, 1.807) is 12.5 Å². The van der Waals surface area contributed by atoms with Gasteiger partial charge in [0.05, 0.1) is 17.8 Å². The maximum absolute atomic E-state index is 12.8. The van der Waals surface area contributed by atoms with Gasteiger partial charge in [-0.05, 0) is 57.1 Å². The Labute approximate surface area is 326 Å². The van der Waals surface area contributed by atoms with Crippen LogP contribution < -0.4 is 5.32 Å². The molecule has 1 amide bonds. The van der Waals surface area contributed by atoms with E-state index in [1.165, 1.54) is 64.7 Å². The maximum atomic E-state index is 12.8. The van der Waals surface area contributed by atoms with Gasteiger partial charge in [-0.1, -0.05) is 77.0 Å². The van der Waals surface area contributed by atoms with Crippen LogP contribution in [0.4, 0.5) is 0 Å². The molecule has 0 aromatic carbocycles. The maximum Gasteiger partial charge on any atom is 0.220 e. The quantitative estimate of drug-likeness (QED) is 0.0638. The van der Waals surface area contributed by atoms with Gasteiger partial charge in [0.1, 0.15) is 35.4 Å². The van der Waals surface area contributed by atoms with E-state index in [-0.39, 0.29) is 76.2 Å². The van der Waals surface area contributed by atoms with Crippen molar-refractivity contribution in [2.45, 2.75) is 167 Å². The highest BCUT2D eigenvalue weighted by Gasteiger charge is 2.22. The van der Waals surface area contributed by atoms with Crippen molar-refractivity contribution in [3.05, 3.63) is 18.2 Å². The number of Topliss-reactive ketones (excluding diaryl/α,β-unsaturated/α-hetero) is 4. The van der Waals surface area contributed by atoms with E-state index in [2.05, 4.69) is 30.7 Å². The fourth-order valence-electron chi connectivity index (χ4n) is 6.59. The molecule has 0 bridgehead atoms. The molecule has 0 saturated heterocycles. The summed E-state index contributed by atoms with van der Waals surface area (Å²) in [6.07, 6.45) is 22.8. The lowest BCUT2D eigenvalue weighted by Crippen LogP contribution is -2.26. The Balaban J connectivity index is 0.0000151. The molecule has 2 heterocycles. The third-order valence-corrected chi connectivity index (χ3v) is 11.5. The Morgan fingerprint density at radius 1 is 0.759 bits per heavy atom. The number of hydrogen-bond donors (Lipinski definition) is 2. The number of aromatic nitrogens is 2. The Kier molecular flexibility index (Phi) is 25.1. The molecule has 2 rings (SSSR count). The van der Waals surface area contributed by atoms with Gasteiger partial charge < -0.3 is 15.1 Å². The third-order valence-electron chi connectivity index (χ3n) is 9.85. The highest BCUT2D eigenvalue weighted by atomic mass is 32.2. The second-order valence-corrected chi connectivity index (χ2v) is 17.1. The van der Waals surface area contributed by atoms with E-state index in [4.69, 9.17) is 0 Å². The number of ketones is 4. The van der Waals surface area contributed by atoms with Crippen LogP contribution in [0, 0.1) is 5.92 Å². The van der Waals surface area contributed by atoms with Crippen LogP contribution in [0.15, 0.2) is 28.0 Å². The van der Waals surface area contributed by atoms with Crippen molar-refractivity contribution < 1.29 is 35.2 Å². The van der Waals surface area contributed by atoms with Crippen LogP contribution >= 0.6 is 0 Å². The molecule has 2 N–H and O–H groups in total. The summed E-state index contributed by atoms with van der Waals surface area (Å²) in [4.78, 5) is 68.3. The summed E-state index contributed by atoms with van der Waals surface area (Å²) in [5.74, 6) is -1.81. The van der Waals surface area contributed by atoms with Crippen LogP contribution in [0.5, 0.6) is 0 Å². The summed E-state index contributed by atoms with van der Waals surface area (Å²) in [7, 11) is -3.56. The second-order valence-electron chi connectivity index (χ2n) is 14.9. The topological polar surface area (TPSA) is 197 Å². The van der Waals surface area contributed by atoms with Crippen molar-refractivity contribution in [2.75, 3.05) is 24.6 Å². The van der Waals surface area contributed by atoms with Gasteiger partial charge in [0.15, 0.2) is 9.84 Å². The number of nitrogens with one attached hydrogen (secondary N) is 2. The molecule has 0 aliphatic carbocycles. The number of unbranched alkanes of at least 4 members (excludes halogenated alkanes) is 13. The molecule has 13 nitrogen and oxygen atoms in total. The number of nitrogens with zero attached hydrogens (tertiary/aromatic N) is 4. The first-order valence-corrected chi connectivity index (χ1v) is 22.3. The number of carbonyl (C=O) groups excluding carboxylic acids is 5. The van der Waals surface area contributed by atoms with Gasteiger partial charge in [-0.15, -0.1) is 5.10 Å². The van der Waals surface area contributed by atoms with Crippen molar-refractivity contribution in [2.24, 2.45) is 21.4 Å². The van der Waals surface area contributed by atoms with Crippen molar-refractivity contribution in [3.8, 4) is 0 Å². The normalized spacial score (nSPS) is 13.2. The van der Waals surface area contributed by atoms with Crippen molar-refractivity contribution in [3.63, 3.8) is 0 Å². The van der Waals surface area contributed by atoms with Gasteiger partial charge in [0, 0.05) is 65.7 Å². The SMILES string of the molecule is CC(=O)CCC(=O)[C@@H](CCCCNC(=O)CCCS(=O)(=O)CC(=O)CCCCCCCCCCCCCCCC1=NN=NC1)CC(=O)CCc1cnc[nH]1.[HH].[HH]. The lowest BCUT2D eigenvalue weighted by molar-refractivity contribution is -0.129. The van der Waals surface area contributed by atoms with Crippen LogP contribution in [0.25, 0.3) is 0 Å². The summed E-state index contributed by atoms with van der Waals surface area (Å²) in [6, 6.07) is 0. The molecular formula is C40H70N6O7S. The van der Waals surface area contributed by atoms with E-state index < -0.39 is 21.5 Å². The largest absolute Gasteiger partial charge is 0.356 e. The van der Waals surface area contributed by atoms with Gasteiger partial charge in [0.2, 0.25) is 5.91 Å². The fraction of sp³-hybridized carbons (Fsp3) is 0.775. The minimum Gasteiger partial charge on any atom is -0.356 e. The zero-order valence-electron chi connectivity index (χ0n) is 32.8. The number of rotatable bonds is 36. The summed E-state index contributed by atoms with van der Waals surface area (Å²) in [6.45, 7) is 2.50. The average molecular weight is 779 g/mol. The zero-order chi connectivity index (χ0) is 39.3. The molecule has 1 aliphatic rings. The van der Waals surface area contributed by atoms with Crippen molar-refractivity contribution in [1.29, 1.82) is 0 Å². The molecule has 0 spiro atoms. The lowest BCUT2D eigenvalue weighted by Gasteiger charge is -2.15. The summed E-state index contributed by atoms with van der Waals surface area (Å²) >= 11 is 0. The molecule has 0 radical (unpaired) electrons. The number of amides is 1. The monoisotopic (exact) mass is 779 g/mol. The van der Waals surface area contributed by atoms with E-state index in [0.717, 1.165) is 37.1 Å². The Bertz CT molecular complexity index is 1440. The van der Waals surface area contributed by atoms with E-state index in [0.29, 0.717) is 51.6 Å². The van der Waals surface area contributed by atoms with E-state index in [9.17, 15) is 32.4 Å². The number of sulfone groups is 1. The minimum absolute atomic E-state index is 0. The van der Waals surface area contributed by atoms with Crippen LogP contribution in [0.2, 0.25) is 0 Å². The number of hydrogen-bond acceptors (Lipinski definition) is 11. The predicted octanol–water partition coefficient (Wildman–Crippen LogP) is 8.07. The van der Waals surface area contributed by atoms with Crippen LogP contribution in [-0.2, 0) is 40.2 Å². The highest BCUT2D eigenvalue weighted by Crippen LogP contribution is 2.19. The smallest absolute Gasteiger partial charge is 0.220 e. The first kappa shape index (κ1) is 46.7. The standard InChI is InChI=1S/C40H66N6O7S.2H2/c1-33(47)22-25-39(50)34(28-37(48)24-23-35-29-41-32-43-35)18-15-16-26-42-40(51)21-17-27-54(52,53)31-38(49)20-14-12-10-8-6-4-2-3-5-7-9-11-13-19-36-30-44-46-45-36;;/h29,32,34H,2-28,30-31H2,1H3,(H,41,43)(H,42,51);2*1H/t34-;;/m0../s1. The molecular weight excluding hydrogens is 709 g/mol. The lowest BCUT2D eigenvalue weighted by atomic mass is 9.88. The zero-order valence-corrected chi connectivity index (χ0v) is 33.6. The van der Waals surface area contributed by atoms with Crippen LogP contribution in [0.1, 0.15) is 170 Å². The van der Waals surface area contributed by atoms with Gasteiger partial charge in [-0.2, -0.15) is 5.11 Å². The molecule has 14 heteroatoms. The van der Waals surface area contributed by atoms with Crippen LogP contribution in [0.3, 0.4) is 0 Å². The van der Waals surface area contributed by atoms with Gasteiger partial charge in [0.25, 0.3) is 0 Å². The number of carbonyl (C=O) groups is 5. The summed E-state index contributed by atoms with van der Waals surface area (Å²) in [5.41, 5.74) is 1.96. The third kappa shape index (κ3) is 24.8. The van der Waals surface area contributed by atoms with Crippen molar-refractivity contribution in [1.82, 2.24) is 15.3 Å². The average Bonchev–Trinajstić information content (AvgIpc) is 3.85. The molecule has 1 aromatic heterocycles. The summed E-state index contributed by atoms with van der Waals surface area (Å²) in [5, 5.41) is 14.3. The number of aryl methyl sites for hydroxylation is 1. The summed E-state index contributed by atoms with van der Waals surface area (Å²) < 4.78 is 24.9. The predicted molar refractivity (Wildman–Crippen MR) is 215 cm³/mol. The molecule has 1 aliphatic heterocycles. The molecule has 0 saturated carbocycles. The van der Waals surface area contributed by atoms with Crippen molar-refractivity contribution >= 4 is 44.6 Å². The molecule has 54 heavy (non-hydrogen) atoms. The minimum atomic E-state index is -3.56. The number of aromatic amines is 1. The van der Waals surface area contributed by atoms with Gasteiger partial charge >= 0.3 is 0 Å². The Hall–Kier alpha value is -3.42. The Morgan fingerprint density at radius 3 is 2.04 bits per heavy atom. The first-order chi connectivity index (χ1) is 26.0. The number of imidazole rings is 1. The fourth-order valence-corrected chi connectivity index (χ4v) is 7.95. The van der Waals surface area contributed by atoms with Crippen LogP contribution in [-0.4, -0.2) is 77.7 Å².